The van der Waals surface area contributed by atoms with Gasteiger partial charge in [0.1, 0.15) is 5.82 Å². The topological polar surface area (TPSA) is 70.2 Å². The van der Waals surface area contributed by atoms with Crippen LogP contribution in [0.3, 0.4) is 0 Å². The van der Waals surface area contributed by atoms with Gasteiger partial charge in [-0.25, -0.2) is 9.18 Å². The van der Waals surface area contributed by atoms with Gasteiger partial charge in [0.2, 0.25) is 0 Å². The molecule has 2 aromatic rings. The Morgan fingerprint density at radius 3 is 2.04 bits per heavy atom. The summed E-state index contributed by atoms with van der Waals surface area (Å²) in [5.41, 5.74) is 1.58. The van der Waals surface area contributed by atoms with Crippen molar-refractivity contribution in [3.05, 3.63) is 59.9 Å². The van der Waals surface area contributed by atoms with E-state index in [1.54, 1.807) is 24.3 Å². The maximum absolute atomic E-state index is 12.8. The fraction of sp³-hybridized carbons (Fsp3) is 0.176. The lowest BCUT2D eigenvalue weighted by atomic mass is 10.2. The van der Waals surface area contributed by atoms with Crippen LogP contribution < -0.4 is 16.0 Å². The first-order valence-electron chi connectivity index (χ1n) is 7.35. The molecule has 1 aliphatic rings. The average molecular weight is 313 g/mol. The van der Waals surface area contributed by atoms with Gasteiger partial charge in [-0.15, -0.1) is 0 Å². The molecule has 0 heterocycles. The summed E-state index contributed by atoms with van der Waals surface area (Å²) in [5, 5.41) is 8.20. The summed E-state index contributed by atoms with van der Waals surface area (Å²) in [6, 6.07) is 12.1. The molecule has 3 N–H and O–H groups in total. The average Bonchev–Trinajstić information content (AvgIpc) is 3.34. The highest BCUT2D eigenvalue weighted by molar-refractivity contribution is 6.04. The highest BCUT2D eigenvalue weighted by Gasteiger charge is 2.23. The van der Waals surface area contributed by atoms with Crippen LogP contribution in [-0.4, -0.2) is 18.0 Å². The number of benzene rings is 2. The number of hydrogen-bond acceptors (Lipinski definition) is 2. The number of halogens is 1. The number of carbonyl (C=O) groups excluding carboxylic acids is 2. The third-order valence-electron chi connectivity index (χ3n) is 3.42. The fourth-order valence-electron chi connectivity index (χ4n) is 2.02. The van der Waals surface area contributed by atoms with E-state index < -0.39 is 0 Å². The molecule has 3 rings (SSSR count). The lowest BCUT2D eigenvalue weighted by Crippen LogP contribution is -2.30. The Kier molecular flexibility index (Phi) is 4.23. The Morgan fingerprint density at radius 1 is 0.870 bits per heavy atom. The minimum absolute atomic E-state index is 0.240. The number of hydrogen-bond donors (Lipinski definition) is 3. The van der Waals surface area contributed by atoms with Crippen LogP contribution in [0.2, 0.25) is 0 Å². The maximum atomic E-state index is 12.8. The summed E-state index contributed by atoms with van der Waals surface area (Å²) in [7, 11) is 0. The molecular formula is C17H16FN3O2. The Balaban J connectivity index is 1.58. The van der Waals surface area contributed by atoms with Gasteiger partial charge in [0.25, 0.3) is 5.91 Å². The minimum atomic E-state index is -0.358. The van der Waals surface area contributed by atoms with E-state index in [0.29, 0.717) is 16.9 Å². The molecular weight excluding hydrogens is 297 g/mol. The molecule has 0 atom stereocenters. The van der Waals surface area contributed by atoms with E-state index in [4.69, 9.17) is 0 Å². The van der Waals surface area contributed by atoms with Gasteiger partial charge < -0.3 is 16.0 Å². The second-order valence-electron chi connectivity index (χ2n) is 5.41. The van der Waals surface area contributed by atoms with Crippen LogP contribution in [0.4, 0.5) is 20.6 Å². The predicted molar refractivity (Wildman–Crippen MR) is 86.0 cm³/mol. The van der Waals surface area contributed by atoms with E-state index in [9.17, 15) is 14.0 Å². The van der Waals surface area contributed by atoms with Gasteiger partial charge in [-0.05, 0) is 61.4 Å². The van der Waals surface area contributed by atoms with Crippen molar-refractivity contribution < 1.29 is 14.0 Å². The zero-order chi connectivity index (χ0) is 16.2. The van der Waals surface area contributed by atoms with Gasteiger partial charge in [0.05, 0.1) is 0 Å². The van der Waals surface area contributed by atoms with Crippen LogP contribution in [-0.2, 0) is 0 Å². The molecule has 1 saturated carbocycles. The zero-order valence-corrected chi connectivity index (χ0v) is 12.3. The van der Waals surface area contributed by atoms with Gasteiger partial charge in [0.15, 0.2) is 0 Å². The quantitative estimate of drug-likeness (QED) is 0.810. The standard InChI is InChI=1S/C17H16FN3O2/c18-12-3-7-13(8-4-12)19-16(22)11-1-5-14(6-2-11)20-17(23)21-15-9-10-15/h1-8,15H,9-10H2,(H,19,22)(H2,20,21,23). The molecule has 0 saturated heterocycles. The molecule has 5 nitrogen and oxygen atoms in total. The summed E-state index contributed by atoms with van der Waals surface area (Å²) < 4.78 is 12.8. The Bertz CT molecular complexity index is 710. The molecule has 1 aliphatic carbocycles. The number of amides is 3. The van der Waals surface area contributed by atoms with Gasteiger partial charge >= 0.3 is 6.03 Å². The van der Waals surface area contributed by atoms with Crippen molar-refractivity contribution in [2.75, 3.05) is 10.6 Å². The molecule has 23 heavy (non-hydrogen) atoms. The van der Waals surface area contributed by atoms with Gasteiger partial charge in [-0.1, -0.05) is 0 Å². The van der Waals surface area contributed by atoms with E-state index in [0.717, 1.165) is 12.8 Å². The van der Waals surface area contributed by atoms with E-state index in [-0.39, 0.29) is 23.8 Å². The molecule has 6 heteroatoms. The molecule has 1 fully saturated rings. The molecule has 0 bridgehead atoms. The van der Waals surface area contributed by atoms with Crippen LogP contribution in [0.5, 0.6) is 0 Å². The largest absolute Gasteiger partial charge is 0.335 e. The molecule has 2 aromatic carbocycles. The van der Waals surface area contributed by atoms with E-state index >= 15 is 0 Å². The Hall–Kier alpha value is -2.89. The number of nitrogens with one attached hydrogen (secondary N) is 3. The number of carbonyl (C=O) groups is 2. The number of anilines is 2. The lowest BCUT2D eigenvalue weighted by molar-refractivity contribution is 0.102. The summed E-state index contributed by atoms with van der Waals surface area (Å²) in [5.74, 6) is -0.659. The second kappa shape index (κ2) is 6.48. The second-order valence-corrected chi connectivity index (χ2v) is 5.41. The number of rotatable bonds is 4. The van der Waals surface area contributed by atoms with Crippen LogP contribution >= 0.6 is 0 Å². The van der Waals surface area contributed by atoms with Crippen molar-refractivity contribution in [2.45, 2.75) is 18.9 Å². The van der Waals surface area contributed by atoms with Crippen molar-refractivity contribution in [3.63, 3.8) is 0 Å². The van der Waals surface area contributed by atoms with Crippen molar-refractivity contribution in [1.82, 2.24) is 5.32 Å². The fourth-order valence-corrected chi connectivity index (χ4v) is 2.02. The minimum Gasteiger partial charge on any atom is -0.335 e. The highest BCUT2D eigenvalue weighted by Crippen LogP contribution is 2.19. The van der Waals surface area contributed by atoms with Crippen LogP contribution in [0.1, 0.15) is 23.2 Å². The monoisotopic (exact) mass is 313 g/mol. The van der Waals surface area contributed by atoms with Crippen LogP contribution in [0, 0.1) is 5.82 Å². The van der Waals surface area contributed by atoms with Crippen molar-refractivity contribution in [2.24, 2.45) is 0 Å². The molecule has 0 aromatic heterocycles. The SMILES string of the molecule is O=C(Nc1ccc(C(=O)Nc2ccc(F)cc2)cc1)NC1CC1. The van der Waals surface area contributed by atoms with Crippen molar-refractivity contribution >= 4 is 23.3 Å². The third-order valence-corrected chi connectivity index (χ3v) is 3.42. The van der Waals surface area contributed by atoms with Gasteiger partial charge in [-0.2, -0.15) is 0 Å². The molecule has 0 radical (unpaired) electrons. The first-order valence-corrected chi connectivity index (χ1v) is 7.35. The van der Waals surface area contributed by atoms with Crippen LogP contribution in [0.25, 0.3) is 0 Å². The lowest BCUT2D eigenvalue weighted by Gasteiger charge is -2.08. The highest BCUT2D eigenvalue weighted by atomic mass is 19.1. The Labute approximate surface area is 132 Å². The van der Waals surface area contributed by atoms with Crippen molar-refractivity contribution in [1.29, 1.82) is 0 Å². The first kappa shape index (κ1) is 15.0. The smallest absolute Gasteiger partial charge is 0.319 e. The summed E-state index contributed by atoms with van der Waals surface area (Å²) in [6.07, 6.45) is 2.05. The summed E-state index contributed by atoms with van der Waals surface area (Å²) in [6.45, 7) is 0. The molecule has 0 unspecified atom stereocenters. The van der Waals surface area contributed by atoms with E-state index in [1.807, 2.05) is 0 Å². The predicted octanol–water partition coefficient (Wildman–Crippen LogP) is 3.36. The molecule has 3 amide bonds. The van der Waals surface area contributed by atoms with Gasteiger partial charge in [0, 0.05) is 23.0 Å². The maximum Gasteiger partial charge on any atom is 0.319 e. The Morgan fingerprint density at radius 2 is 1.43 bits per heavy atom. The third kappa shape index (κ3) is 4.29. The summed E-state index contributed by atoms with van der Waals surface area (Å²) in [4.78, 5) is 23.7. The van der Waals surface area contributed by atoms with Crippen molar-refractivity contribution in [3.8, 4) is 0 Å². The van der Waals surface area contributed by atoms with E-state index in [1.165, 1.54) is 24.3 Å². The first-order chi connectivity index (χ1) is 11.1. The molecule has 118 valence electrons. The van der Waals surface area contributed by atoms with Gasteiger partial charge in [-0.3, -0.25) is 4.79 Å². The molecule has 0 spiro atoms. The number of urea groups is 1. The van der Waals surface area contributed by atoms with E-state index in [2.05, 4.69) is 16.0 Å². The zero-order valence-electron chi connectivity index (χ0n) is 12.3. The molecule has 0 aliphatic heterocycles. The normalized spacial score (nSPS) is 13.3. The van der Waals surface area contributed by atoms with Crippen LogP contribution in [0.15, 0.2) is 48.5 Å². The summed E-state index contributed by atoms with van der Waals surface area (Å²) >= 11 is 0.